The van der Waals surface area contributed by atoms with Gasteiger partial charge in [-0.15, -0.1) is 0 Å². The zero-order chi connectivity index (χ0) is 22.4. The number of benzene rings is 1. The molecule has 4 N–H and O–H groups in total. The van der Waals surface area contributed by atoms with E-state index >= 15 is 0 Å². The fraction of sp³-hybridized carbons (Fsp3) is 0.524. The van der Waals surface area contributed by atoms with Gasteiger partial charge in [0.2, 0.25) is 11.8 Å². The fourth-order valence-corrected chi connectivity index (χ4v) is 4.32. The van der Waals surface area contributed by atoms with Crippen LogP contribution in [0.1, 0.15) is 38.2 Å². The molecule has 2 fully saturated rings. The van der Waals surface area contributed by atoms with Crippen molar-refractivity contribution in [2.24, 2.45) is 0 Å². The van der Waals surface area contributed by atoms with Crippen LogP contribution in [-0.4, -0.2) is 64.7 Å². The molecule has 1 saturated heterocycles. The highest BCUT2D eigenvalue weighted by molar-refractivity contribution is 5.88. The molecule has 2 aliphatic rings. The summed E-state index contributed by atoms with van der Waals surface area (Å²) >= 11 is 0. The van der Waals surface area contributed by atoms with Crippen molar-refractivity contribution in [1.29, 1.82) is 0 Å². The Balaban J connectivity index is 1.56. The Morgan fingerprint density at radius 3 is 2.52 bits per heavy atom. The number of carbonyl (C=O) groups excluding carboxylic acids is 3. The molecule has 31 heavy (non-hydrogen) atoms. The average molecular weight is 432 g/mol. The molecule has 0 bridgehead atoms. The topological polar surface area (TPSA) is 137 Å². The van der Waals surface area contributed by atoms with Crippen LogP contribution in [-0.2, 0) is 20.9 Å². The van der Waals surface area contributed by atoms with Gasteiger partial charge in [0.25, 0.3) is 0 Å². The summed E-state index contributed by atoms with van der Waals surface area (Å²) in [5.74, 6) is -0.460. The Morgan fingerprint density at radius 2 is 1.84 bits per heavy atom. The van der Waals surface area contributed by atoms with Crippen molar-refractivity contribution in [2.45, 2.75) is 63.4 Å². The molecular weight excluding hydrogens is 404 g/mol. The molecule has 10 heteroatoms. The number of nitrogens with one attached hydrogen (secondary N) is 3. The van der Waals surface area contributed by atoms with Crippen molar-refractivity contribution in [1.82, 2.24) is 20.9 Å². The van der Waals surface area contributed by atoms with Gasteiger partial charge in [0.15, 0.2) is 0 Å². The Hall–Kier alpha value is -3.30. The molecule has 1 heterocycles. The van der Waals surface area contributed by atoms with Gasteiger partial charge in [-0.05, 0) is 31.2 Å². The molecule has 1 aliphatic heterocycles. The molecular formula is C21H28N4O6. The first-order valence-electron chi connectivity index (χ1n) is 10.4. The Morgan fingerprint density at radius 1 is 1.10 bits per heavy atom. The third-order valence-corrected chi connectivity index (χ3v) is 5.68. The minimum atomic E-state index is -1.11. The van der Waals surface area contributed by atoms with Crippen molar-refractivity contribution >= 4 is 24.0 Å². The van der Waals surface area contributed by atoms with Crippen LogP contribution in [0, 0.1) is 0 Å². The average Bonchev–Trinajstić information content (AvgIpc) is 3.07. The van der Waals surface area contributed by atoms with Crippen LogP contribution in [0.5, 0.6) is 0 Å². The molecule has 4 atom stereocenters. The molecule has 1 saturated carbocycles. The van der Waals surface area contributed by atoms with E-state index in [0.29, 0.717) is 32.2 Å². The smallest absolute Gasteiger partial charge is 0.408 e. The lowest BCUT2D eigenvalue weighted by molar-refractivity contribution is -0.133. The molecule has 1 aromatic carbocycles. The number of carboxylic acid groups (broad SMARTS) is 1. The van der Waals surface area contributed by atoms with Gasteiger partial charge in [0.1, 0.15) is 12.6 Å². The van der Waals surface area contributed by atoms with Gasteiger partial charge in [0, 0.05) is 19.5 Å². The molecule has 0 spiro atoms. The minimum absolute atomic E-state index is 0.114. The van der Waals surface area contributed by atoms with E-state index in [-0.39, 0.29) is 36.5 Å². The third kappa shape index (κ3) is 6.09. The van der Waals surface area contributed by atoms with E-state index in [2.05, 4.69) is 16.0 Å². The van der Waals surface area contributed by atoms with Gasteiger partial charge >= 0.3 is 12.2 Å². The van der Waals surface area contributed by atoms with E-state index < -0.39 is 18.2 Å². The summed E-state index contributed by atoms with van der Waals surface area (Å²) < 4.78 is 5.20. The molecule has 4 amide bonds. The highest BCUT2D eigenvalue weighted by Gasteiger charge is 2.42. The summed E-state index contributed by atoms with van der Waals surface area (Å²) in [6.07, 6.45) is 0.190. The summed E-state index contributed by atoms with van der Waals surface area (Å²) in [5.41, 5.74) is 0.849. The zero-order valence-electron chi connectivity index (χ0n) is 17.4. The van der Waals surface area contributed by atoms with E-state index in [9.17, 15) is 19.2 Å². The summed E-state index contributed by atoms with van der Waals surface area (Å²) in [6, 6.07) is 7.66. The largest absolute Gasteiger partial charge is 0.465 e. The molecule has 0 aromatic heterocycles. The van der Waals surface area contributed by atoms with Crippen LogP contribution in [0.2, 0.25) is 0 Å². The highest BCUT2D eigenvalue weighted by Crippen LogP contribution is 2.27. The van der Waals surface area contributed by atoms with Crippen molar-refractivity contribution in [2.75, 3.05) is 6.54 Å². The van der Waals surface area contributed by atoms with E-state index in [1.54, 1.807) is 4.90 Å². The second-order valence-corrected chi connectivity index (χ2v) is 7.91. The highest BCUT2D eigenvalue weighted by atomic mass is 16.5. The van der Waals surface area contributed by atoms with E-state index in [1.165, 1.54) is 6.92 Å². The number of likely N-dealkylation sites (tertiary alicyclic amines) is 1. The van der Waals surface area contributed by atoms with Crippen LogP contribution in [0.15, 0.2) is 30.3 Å². The summed E-state index contributed by atoms with van der Waals surface area (Å²) in [4.78, 5) is 49.4. The van der Waals surface area contributed by atoms with Gasteiger partial charge in [-0.25, -0.2) is 9.59 Å². The summed E-state index contributed by atoms with van der Waals surface area (Å²) in [7, 11) is 0. The van der Waals surface area contributed by atoms with Crippen molar-refractivity contribution in [3.63, 3.8) is 0 Å². The lowest BCUT2D eigenvalue weighted by atomic mass is 9.85. The number of amides is 4. The van der Waals surface area contributed by atoms with Gasteiger partial charge in [-0.1, -0.05) is 30.3 Å². The SMILES string of the molecule is CC(=O)N[C@@H]1C[C@H](NC(=O)O)CC[C@@H]1N1CC[C@H](NC(=O)OCc2ccccc2)C1=O. The number of nitrogens with zero attached hydrogens (tertiary/aromatic N) is 1. The van der Waals surface area contributed by atoms with Crippen LogP contribution in [0.25, 0.3) is 0 Å². The maximum absolute atomic E-state index is 12.9. The third-order valence-electron chi connectivity index (χ3n) is 5.68. The van der Waals surface area contributed by atoms with E-state index in [0.717, 1.165) is 5.56 Å². The fourth-order valence-electron chi connectivity index (χ4n) is 4.32. The second-order valence-electron chi connectivity index (χ2n) is 7.91. The summed E-state index contributed by atoms with van der Waals surface area (Å²) in [6.45, 7) is 1.95. The monoisotopic (exact) mass is 432 g/mol. The van der Waals surface area contributed by atoms with Crippen LogP contribution < -0.4 is 16.0 Å². The first kappa shape index (κ1) is 22.4. The van der Waals surface area contributed by atoms with Crippen LogP contribution in [0.3, 0.4) is 0 Å². The van der Waals surface area contributed by atoms with Crippen LogP contribution >= 0.6 is 0 Å². The van der Waals surface area contributed by atoms with Crippen molar-refractivity contribution in [3.05, 3.63) is 35.9 Å². The predicted octanol–water partition coefficient (Wildman–Crippen LogP) is 1.21. The second kappa shape index (κ2) is 10.1. The molecule has 0 radical (unpaired) electrons. The Kier molecular flexibility index (Phi) is 7.32. The Labute approximate surface area is 180 Å². The normalized spacial score (nSPS) is 25.6. The van der Waals surface area contributed by atoms with E-state index in [1.807, 2.05) is 30.3 Å². The predicted molar refractivity (Wildman–Crippen MR) is 110 cm³/mol. The quantitative estimate of drug-likeness (QED) is 0.533. The van der Waals surface area contributed by atoms with Gasteiger partial charge < -0.3 is 30.7 Å². The lowest BCUT2D eigenvalue weighted by Gasteiger charge is -2.41. The first-order chi connectivity index (χ1) is 14.8. The van der Waals surface area contributed by atoms with Crippen molar-refractivity contribution < 1.29 is 29.0 Å². The van der Waals surface area contributed by atoms with Gasteiger partial charge in [-0.2, -0.15) is 0 Å². The zero-order valence-corrected chi connectivity index (χ0v) is 17.4. The number of alkyl carbamates (subject to hydrolysis) is 1. The number of hydrogen-bond donors (Lipinski definition) is 4. The molecule has 1 aromatic rings. The Bertz CT molecular complexity index is 817. The van der Waals surface area contributed by atoms with E-state index in [4.69, 9.17) is 9.84 Å². The number of ether oxygens (including phenoxy) is 1. The van der Waals surface area contributed by atoms with Gasteiger partial charge in [0.05, 0.1) is 12.1 Å². The number of hydrogen-bond acceptors (Lipinski definition) is 5. The number of carbonyl (C=O) groups is 4. The molecule has 3 rings (SSSR count). The minimum Gasteiger partial charge on any atom is -0.465 e. The van der Waals surface area contributed by atoms with Crippen LogP contribution in [0.4, 0.5) is 9.59 Å². The van der Waals surface area contributed by atoms with Gasteiger partial charge in [-0.3, -0.25) is 9.59 Å². The maximum Gasteiger partial charge on any atom is 0.408 e. The number of rotatable bonds is 6. The molecule has 0 unspecified atom stereocenters. The maximum atomic E-state index is 12.9. The molecule has 168 valence electrons. The molecule has 1 aliphatic carbocycles. The lowest BCUT2D eigenvalue weighted by Crippen LogP contribution is -2.58. The first-order valence-corrected chi connectivity index (χ1v) is 10.4. The molecule has 10 nitrogen and oxygen atoms in total. The van der Waals surface area contributed by atoms with Crippen molar-refractivity contribution in [3.8, 4) is 0 Å². The summed E-state index contributed by atoms with van der Waals surface area (Å²) in [5, 5.41) is 16.9. The standard InChI is InChI=1S/C21H28N4O6/c1-13(26)22-17-11-15(23-20(28)29)7-8-18(17)25-10-9-16(19(25)27)24-21(30)31-12-14-5-3-2-4-6-14/h2-6,15-18,23H,7-12H2,1H3,(H,22,26)(H,24,30)(H,28,29)/t15-,16+,17-,18+/m1/s1.